The number of carboxylic acid groups (broad SMARTS) is 1. The van der Waals surface area contributed by atoms with Crippen LogP contribution in [0.25, 0.3) is 0 Å². The monoisotopic (exact) mass is 264 g/mol. The highest BCUT2D eigenvalue weighted by Gasteiger charge is 2.34. The third kappa shape index (κ3) is 2.75. The van der Waals surface area contributed by atoms with Gasteiger partial charge in [-0.3, -0.25) is 9.59 Å². The summed E-state index contributed by atoms with van der Waals surface area (Å²) in [4.78, 5) is 22.4. The number of hydrogen-bond donors (Lipinski definition) is 1. The molecule has 0 heterocycles. The van der Waals surface area contributed by atoms with Crippen LogP contribution in [0, 0.1) is 5.92 Å². The smallest absolute Gasteiger partial charge is 0.307 e. The van der Waals surface area contributed by atoms with Gasteiger partial charge in [-0.15, -0.1) is 0 Å². The number of thioether (sulfide) groups is 1. The number of fused-ring (bicyclic) bond motifs is 1. The lowest BCUT2D eigenvalue weighted by Gasteiger charge is -2.19. The van der Waals surface area contributed by atoms with Crippen molar-refractivity contribution in [3.63, 3.8) is 0 Å². The van der Waals surface area contributed by atoms with E-state index in [0.717, 1.165) is 30.2 Å². The molecule has 1 aromatic carbocycles. The first-order chi connectivity index (χ1) is 8.59. The van der Waals surface area contributed by atoms with Gasteiger partial charge in [-0.05, 0) is 29.9 Å². The predicted molar refractivity (Wildman–Crippen MR) is 71.8 cm³/mol. The van der Waals surface area contributed by atoms with Gasteiger partial charge in [-0.25, -0.2) is 0 Å². The zero-order chi connectivity index (χ0) is 13.1. The molecule has 4 heteroatoms. The van der Waals surface area contributed by atoms with Gasteiger partial charge in [0.25, 0.3) is 0 Å². The van der Waals surface area contributed by atoms with E-state index in [1.54, 1.807) is 0 Å². The van der Waals surface area contributed by atoms with Crippen LogP contribution >= 0.6 is 11.8 Å². The molecule has 0 unspecified atom stereocenters. The minimum atomic E-state index is -0.801. The summed E-state index contributed by atoms with van der Waals surface area (Å²) in [6.07, 6.45) is 1.81. The minimum absolute atomic E-state index is 0.0208. The first-order valence-corrected chi connectivity index (χ1v) is 7.02. The van der Waals surface area contributed by atoms with Gasteiger partial charge in [-0.2, -0.15) is 0 Å². The van der Waals surface area contributed by atoms with Crippen LogP contribution in [0.5, 0.6) is 0 Å². The van der Waals surface area contributed by atoms with E-state index in [0.29, 0.717) is 5.75 Å². The van der Waals surface area contributed by atoms with Crippen molar-refractivity contribution in [1.82, 2.24) is 0 Å². The molecule has 0 radical (unpaired) electrons. The largest absolute Gasteiger partial charge is 0.481 e. The van der Waals surface area contributed by atoms with E-state index in [9.17, 15) is 14.7 Å². The summed E-state index contributed by atoms with van der Waals surface area (Å²) in [7, 11) is 0. The maximum absolute atomic E-state index is 11.4. The fourth-order valence-corrected chi connectivity index (χ4v) is 3.36. The highest BCUT2D eigenvalue weighted by Crippen LogP contribution is 2.39. The second-order valence-electron chi connectivity index (χ2n) is 4.59. The third-order valence-electron chi connectivity index (χ3n) is 3.45. The Morgan fingerprint density at radius 3 is 2.83 bits per heavy atom. The van der Waals surface area contributed by atoms with Crippen molar-refractivity contribution < 1.29 is 14.7 Å². The fraction of sp³-hybridized carbons (Fsp3) is 0.429. The Balaban J connectivity index is 2.18. The first-order valence-electron chi connectivity index (χ1n) is 6.03. The Bertz CT molecular complexity index is 470. The van der Waals surface area contributed by atoms with E-state index in [2.05, 4.69) is 6.07 Å². The van der Waals surface area contributed by atoms with Crippen LogP contribution < -0.4 is 0 Å². The normalized spacial score (nSPS) is 19.3. The van der Waals surface area contributed by atoms with Gasteiger partial charge in [0, 0.05) is 12.7 Å². The number of aliphatic carboxylic acids is 1. The number of aryl methyl sites for hydroxylation is 1. The van der Waals surface area contributed by atoms with E-state index in [1.807, 2.05) is 18.2 Å². The van der Waals surface area contributed by atoms with Crippen LogP contribution in [-0.2, 0) is 16.0 Å². The molecule has 0 fully saturated rings. The molecule has 18 heavy (non-hydrogen) atoms. The van der Waals surface area contributed by atoms with Gasteiger partial charge < -0.3 is 5.11 Å². The summed E-state index contributed by atoms with van der Waals surface area (Å²) in [5, 5.41) is 9.33. The Labute approximate surface area is 111 Å². The lowest BCUT2D eigenvalue weighted by atomic mass is 9.88. The average Bonchev–Trinajstić information content (AvgIpc) is 2.73. The molecule has 2 atom stereocenters. The van der Waals surface area contributed by atoms with Crippen molar-refractivity contribution in [3.8, 4) is 0 Å². The molecule has 3 nitrogen and oxygen atoms in total. The number of rotatable bonds is 4. The molecule has 0 saturated heterocycles. The Morgan fingerprint density at radius 2 is 2.17 bits per heavy atom. The summed E-state index contributed by atoms with van der Waals surface area (Å²) in [5.74, 6) is -0.859. The zero-order valence-corrected chi connectivity index (χ0v) is 11.1. The molecule has 0 saturated carbocycles. The van der Waals surface area contributed by atoms with Gasteiger partial charge >= 0.3 is 5.97 Å². The molecular weight excluding hydrogens is 248 g/mol. The molecule has 0 aliphatic heterocycles. The van der Waals surface area contributed by atoms with E-state index >= 15 is 0 Å². The molecule has 1 aliphatic carbocycles. The van der Waals surface area contributed by atoms with E-state index < -0.39 is 11.9 Å². The number of carbonyl (C=O) groups excluding carboxylic acids is 1. The van der Waals surface area contributed by atoms with Crippen LogP contribution in [-0.4, -0.2) is 21.9 Å². The Kier molecular flexibility index (Phi) is 4.07. The van der Waals surface area contributed by atoms with Crippen LogP contribution in [0.3, 0.4) is 0 Å². The molecule has 96 valence electrons. The van der Waals surface area contributed by atoms with E-state index in [1.165, 1.54) is 12.5 Å². The molecule has 1 aromatic rings. The third-order valence-corrected chi connectivity index (χ3v) is 4.38. The molecule has 0 amide bonds. The van der Waals surface area contributed by atoms with Crippen molar-refractivity contribution in [3.05, 3.63) is 35.4 Å². The van der Waals surface area contributed by atoms with Crippen LogP contribution in [0.2, 0.25) is 0 Å². The van der Waals surface area contributed by atoms with Crippen LogP contribution in [0.1, 0.15) is 30.4 Å². The Morgan fingerprint density at radius 1 is 1.44 bits per heavy atom. The molecule has 1 aliphatic rings. The summed E-state index contributed by atoms with van der Waals surface area (Å²) in [6.45, 7) is 1.48. The number of carbonyl (C=O) groups is 2. The molecule has 2 rings (SSSR count). The molecule has 0 bridgehead atoms. The molecule has 0 spiro atoms. The predicted octanol–water partition coefficient (Wildman–Crippen LogP) is 2.70. The fourth-order valence-electron chi connectivity index (χ4n) is 2.57. The van der Waals surface area contributed by atoms with Gasteiger partial charge in [0.1, 0.15) is 0 Å². The second kappa shape index (κ2) is 5.57. The summed E-state index contributed by atoms with van der Waals surface area (Å²) >= 11 is 1.11. The lowest BCUT2D eigenvalue weighted by Crippen LogP contribution is -2.23. The Hall–Kier alpha value is -1.29. The average molecular weight is 264 g/mol. The molecule has 1 N–H and O–H groups in total. The SMILES string of the molecule is CC(=O)SC[C@@H](C(=O)O)[C@H]1CCc2ccccc21. The molecular formula is C14H16O3S. The van der Waals surface area contributed by atoms with Gasteiger partial charge in [0.2, 0.25) is 0 Å². The van der Waals surface area contributed by atoms with E-state index in [4.69, 9.17) is 0 Å². The maximum atomic E-state index is 11.4. The highest BCUT2D eigenvalue weighted by atomic mass is 32.2. The van der Waals surface area contributed by atoms with Crippen molar-refractivity contribution >= 4 is 22.8 Å². The summed E-state index contributed by atoms with van der Waals surface area (Å²) < 4.78 is 0. The highest BCUT2D eigenvalue weighted by molar-refractivity contribution is 8.13. The van der Waals surface area contributed by atoms with Gasteiger partial charge in [-0.1, -0.05) is 36.0 Å². The lowest BCUT2D eigenvalue weighted by molar-refractivity contribution is -0.141. The first kappa shape index (κ1) is 13.1. The summed E-state index contributed by atoms with van der Waals surface area (Å²) in [5.41, 5.74) is 2.40. The van der Waals surface area contributed by atoms with Gasteiger partial charge in [0.15, 0.2) is 5.12 Å². The van der Waals surface area contributed by atoms with Crippen LogP contribution in [0.4, 0.5) is 0 Å². The minimum Gasteiger partial charge on any atom is -0.481 e. The van der Waals surface area contributed by atoms with E-state index in [-0.39, 0.29) is 11.0 Å². The topological polar surface area (TPSA) is 54.4 Å². The van der Waals surface area contributed by atoms with Crippen molar-refractivity contribution in [2.45, 2.75) is 25.7 Å². The van der Waals surface area contributed by atoms with Crippen LogP contribution in [0.15, 0.2) is 24.3 Å². The number of hydrogen-bond acceptors (Lipinski definition) is 3. The van der Waals surface area contributed by atoms with Crippen molar-refractivity contribution in [1.29, 1.82) is 0 Å². The molecule has 0 aromatic heterocycles. The maximum Gasteiger partial charge on any atom is 0.307 e. The van der Waals surface area contributed by atoms with Gasteiger partial charge in [0.05, 0.1) is 5.92 Å². The van der Waals surface area contributed by atoms with Crippen molar-refractivity contribution in [2.24, 2.45) is 5.92 Å². The quantitative estimate of drug-likeness (QED) is 0.908. The standard InChI is InChI=1S/C14H16O3S/c1-9(15)18-8-13(14(16)17)12-7-6-10-4-2-3-5-11(10)12/h2-5,12-13H,6-8H2,1H3,(H,16,17)/t12-,13+/m0/s1. The number of carboxylic acids is 1. The van der Waals surface area contributed by atoms with Crippen molar-refractivity contribution in [2.75, 3.05) is 5.75 Å². The zero-order valence-electron chi connectivity index (χ0n) is 10.3. The summed E-state index contributed by atoms with van der Waals surface area (Å²) in [6, 6.07) is 8.02. The second-order valence-corrected chi connectivity index (χ2v) is 5.79. The number of benzene rings is 1.